The quantitative estimate of drug-likeness (QED) is 0.170. The fourth-order valence-corrected chi connectivity index (χ4v) is 4.76. The van der Waals surface area contributed by atoms with Crippen LogP contribution in [-0.4, -0.2) is 31.1 Å². The summed E-state index contributed by atoms with van der Waals surface area (Å²) in [7, 11) is -3.02. The second-order valence-corrected chi connectivity index (χ2v) is 10.1. The smallest absolute Gasteiger partial charge is 0.294 e. The monoisotopic (exact) mass is 559 g/mol. The van der Waals surface area contributed by atoms with E-state index in [1.165, 1.54) is 26.2 Å². The molecule has 190 valence electrons. The largest absolute Gasteiger partial charge is 0.505 e. The number of carbonyl (C=O) groups excluding carboxylic acids is 1. The number of aromatic hydroxyl groups is 1. The third kappa shape index (κ3) is 5.52. The molecule has 0 bridgehead atoms. The fraction of sp³-hybridized carbons (Fsp3) is 0.0800. The predicted molar refractivity (Wildman–Crippen MR) is 142 cm³/mol. The van der Waals surface area contributed by atoms with Crippen LogP contribution in [0.15, 0.2) is 75.8 Å². The number of fused-ring (bicyclic) bond motifs is 1. The predicted octanol–water partition coefficient (Wildman–Crippen LogP) is 7.08. The summed E-state index contributed by atoms with van der Waals surface area (Å²) in [4.78, 5) is 12.7. The van der Waals surface area contributed by atoms with Crippen LogP contribution >= 0.6 is 23.2 Å². The summed E-state index contributed by atoms with van der Waals surface area (Å²) >= 11 is 12.2. The number of azo groups is 1. The maximum Gasteiger partial charge on any atom is 0.294 e. The van der Waals surface area contributed by atoms with Crippen molar-refractivity contribution in [3.63, 3.8) is 0 Å². The molecule has 9 nitrogen and oxygen atoms in total. The second-order valence-electron chi connectivity index (χ2n) is 7.89. The zero-order valence-electron chi connectivity index (χ0n) is 19.4. The SMILES string of the molecule is COc1cc(NC(=O)c2cc3ccccc3c(N=Nc3c(C)cc(S(=O)(=O)O)cc3Cl)c2O)ccc1Cl. The number of ether oxygens (including phenoxy) is 1. The molecule has 4 aromatic rings. The number of nitrogens with one attached hydrogen (secondary N) is 1. The highest BCUT2D eigenvalue weighted by molar-refractivity contribution is 7.85. The van der Waals surface area contributed by atoms with E-state index in [9.17, 15) is 22.9 Å². The van der Waals surface area contributed by atoms with E-state index in [-0.39, 0.29) is 26.9 Å². The number of phenolic OH excluding ortho intramolecular Hbond substituents is 1. The molecule has 37 heavy (non-hydrogen) atoms. The number of phenols is 1. The van der Waals surface area contributed by atoms with Crippen molar-refractivity contribution in [1.29, 1.82) is 0 Å². The van der Waals surface area contributed by atoms with E-state index in [1.54, 1.807) is 42.5 Å². The number of hydrogen-bond donors (Lipinski definition) is 3. The number of halogens is 2. The summed E-state index contributed by atoms with van der Waals surface area (Å²) in [6.45, 7) is 1.54. The Hall–Kier alpha value is -3.70. The van der Waals surface area contributed by atoms with Crippen molar-refractivity contribution in [3.05, 3.63) is 81.8 Å². The summed E-state index contributed by atoms with van der Waals surface area (Å²) in [6, 6.07) is 15.4. The molecular formula is C25H19Cl2N3O6S. The summed E-state index contributed by atoms with van der Waals surface area (Å²) in [5.74, 6) is -0.677. The first-order chi connectivity index (χ1) is 17.5. The van der Waals surface area contributed by atoms with Crippen molar-refractivity contribution >= 4 is 67.1 Å². The van der Waals surface area contributed by atoms with Crippen LogP contribution in [0.3, 0.4) is 0 Å². The van der Waals surface area contributed by atoms with Crippen LogP contribution < -0.4 is 10.1 Å². The van der Waals surface area contributed by atoms with Gasteiger partial charge in [0.05, 0.1) is 27.6 Å². The lowest BCUT2D eigenvalue weighted by Crippen LogP contribution is -2.12. The summed E-state index contributed by atoms with van der Waals surface area (Å²) < 4.78 is 37.4. The van der Waals surface area contributed by atoms with E-state index in [1.807, 2.05) is 0 Å². The lowest BCUT2D eigenvalue weighted by atomic mass is 10.0. The van der Waals surface area contributed by atoms with Crippen LogP contribution in [0.5, 0.6) is 11.5 Å². The minimum absolute atomic E-state index is 0.00580. The fourth-order valence-electron chi connectivity index (χ4n) is 3.61. The van der Waals surface area contributed by atoms with Crippen LogP contribution in [0.4, 0.5) is 17.1 Å². The lowest BCUT2D eigenvalue weighted by Gasteiger charge is -2.12. The normalized spacial score (nSPS) is 11.7. The van der Waals surface area contributed by atoms with E-state index < -0.39 is 21.8 Å². The number of nitrogens with zero attached hydrogens (tertiary/aromatic N) is 2. The first kappa shape index (κ1) is 26.4. The van der Waals surface area contributed by atoms with Gasteiger partial charge in [-0.1, -0.05) is 47.5 Å². The zero-order chi connectivity index (χ0) is 26.9. The molecule has 12 heteroatoms. The minimum atomic E-state index is -4.47. The Morgan fingerprint density at radius 3 is 2.35 bits per heavy atom. The van der Waals surface area contributed by atoms with Crippen LogP contribution in [0, 0.1) is 6.92 Å². The number of aryl methyl sites for hydroxylation is 1. The van der Waals surface area contributed by atoms with Crippen LogP contribution in [0.25, 0.3) is 10.8 Å². The Kier molecular flexibility index (Phi) is 7.37. The highest BCUT2D eigenvalue weighted by atomic mass is 35.5. The van der Waals surface area contributed by atoms with Crippen LogP contribution in [-0.2, 0) is 10.1 Å². The van der Waals surface area contributed by atoms with E-state index in [0.29, 0.717) is 32.8 Å². The maximum absolute atomic E-state index is 13.1. The average molecular weight is 560 g/mol. The van der Waals surface area contributed by atoms with Gasteiger partial charge in [0, 0.05) is 17.1 Å². The van der Waals surface area contributed by atoms with E-state index in [2.05, 4.69) is 15.5 Å². The summed E-state index contributed by atoms with van der Waals surface area (Å²) in [6.07, 6.45) is 0. The molecule has 0 saturated heterocycles. The average Bonchev–Trinajstić information content (AvgIpc) is 2.84. The standard InChI is InChI=1S/C25H19Cl2N3O6S/c1-13-9-16(37(33,34)35)12-20(27)22(13)29-30-23-17-6-4-3-5-14(17)10-18(24(23)31)25(32)28-15-7-8-19(26)21(11-15)36-2/h3-12,31H,1-2H3,(H,28,32)(H,33,34,35). The number of amides is 1. The van der Waals surface area contributed by atoms with Gasteiger partial charge in [0.2, 0.25) is 0 Å². The van der Waals surface area contributed by atoms with Crippen LogP contribution in [0.1, 0.15) is 15.9 Å². The molecule has 0 aliphatic heterocycles. The van der Waals surface area contributed by atoms with E-state index in [0.717, 1.165) is 6.07 Å². The molecule has 0 saturated carbocycles. The summed E-state index contributed by atoms with van der Waals surface area (Å²) in [5, 5.41) is 23.4. The molecule has 0 atom stereocenters. The Labute approximate surface area is 222 Å². The summed E-state index contributed by atoms with van der Waals surface area (Å²) in [5.41, 5.74) is 0.777. The van der Waals surface area contributed by atoms with Crippen molar-refractivity contribution < 1.29 is 27.6 Å². The number of carbonyl (C=O) groups is 1. The second kappa shape index (κ2) is 10.3. The number of hydrogen-bond acceptors (Lipinski definition) is 7. The molecule has 1 amide bonds. The van der Waals surface area contributed by atoms with E-state index in [4.69, 9.17) is 27.9 Å². The molecule has 0 heterocycles. The van der Waals surface area contributed by atoms with Gasteiger partial charge >= 0.3 is 0 Å². The van der Waals surface area contributed by atoms with Gasteiger partial charge in [-0.25, -0.2) is 0 Å². The van der Waals surface area contributed by atoms with Gasteiger partial charge in [-0.3, -0.25) is 9.35 Å². The van der Waals surface area contributed by atoms with Gasteiger partial charge in [-0.2, -0.15) is 8.42 Å². The molecule has 0 aliphatic carbocycles. The first-order valence-electron chi connectivity index (χ1n) is 10.6. The maximum atomic E-state index is 13.1. The number of methoxy groups -OCH3 is 1. The molecule has 3 N–H and O–H groups in total. The van der Waals surface area contributed by atoms with Gasteiger partial charge < -0.3 is 15.2 Å². The molecule has 0 spiro atoms. The number of rotatable bonds is 6. The molecular weight excluding hydrogens is 541 g/mol. The molecule has 4 rings (SSSR count). The number of anilines is 1. The highest BCUT2D eigenvalue weighted by Crippen LogP contribution is 2.41. The molecule has 0 aromatic heterocycles. The van der Waals surface area contributed by atoms with Crippen molar-refractivity contribution in [1.82, 2.24) is 0 Å². The number of benzene rings is 4. The third-order valence-electron chi connectivity index (χ3n) is 5.42. The molecule has 0 unspecified atom stereocenters. The van der Waals surface area contributed by atoms with Crippen molar-refractivity contribution in [3.8, 4) is 11.5 Å². The van der Waals surface area contributed by atoms with Crippen LogP contribution in [0.2, 0.25) is 10.0 Å². The van der Waals surface area contributed by atoms with Crippen molar-refractivity contribution in [2.75, 3.05) is 12.4 Å². The van der Waals surface area contributed by atoms with Crippen molar-refractivity contribution in [2.24, 2.45) is 10.2 Å². The minimum Gasteiger partial charge on any atom is -0.505 e. The topological polar surface area (TPSA) is 138 Å². The van der Waals surface area contributed by atoms with Gasteiger partial charge in [-0.05, 0) is 48.2 Å². The van der Waals surface area contributed by atoms with Gasteiger partial charge in [-0.15, -0.1) is 10.2 Å². The zero-order valence-corrected chi connectivity index (χ0v) is 21.7. The first-order valence-corrected chi connectivity index (χ1v) is 12.8. The molecule has 0 fully saturated rings. The Morgan fingerprint density at radius 2 is 1.68 bits per heavy atom. The highest BCUT2D eigenvalue weighted by Gasteiger charge is 2.20. The Balaban J connectivity index is 1.78. The lowest BCUT2D eigenvalue weighted by molar-refractivity contribution is 0.102. The van der Waals surface area contributed by atoms with Gasteiger partial charge in [0.15, 0.2) is 5.75 Å². The Bertz CT molecular complexity index is 1670. The van der Waals surface area contributed by atoms with Gasteiger partial charge in [0.25, 0.3) is 16.0 Å². The third-order valence-corrected chi connectivity index (χ3v) is 6.86. The molecule has 0 radical (unpaired) electrons. The molecule has 0 aliphatic rings. The molecule has 4 aromatic carbocycles. The van der Waals surface area contributed by atoms with Gasteiger partial charge in [0.1, 0.15) is 17.1 Å². The van der Waals surface area contributed by atoms with E-state index >= 15 is 0 Å². The Morgan fingerprint density at radius 1 is 0.973 bits per heavy atom. The van der Waals surface area contributed by atoms with Crippen molar-refractivity contribution in [2.45, 2.75) is 11.8 Å².